The van der Waals surface area contributed by atoms with E-state index in [2.05, 4.69) is 85.8 Å². The standard InChI is InChI=1S/C39H42O5/c1-4-9-28-15-21-35-33(25-28)18-17-32-16-12-31(24-29-10-7-6-8-11-29)26-36(32)38(35)44-23-22-43-34-19-13-30(14-20-34)27-37(41-3)39(40)42-5-2/h6-8,10-21,25-26,37-38H,4-5,9,22-24,27H2,1-3H3. The molecule has 0 aromatic heterocycles. The number of hydrogen-bond donors (Lipinski definition) is 0. The van der Waals surface area contributed by atoms with Crippen molar-refractivity contribution in [1.29, 1.82) is 0 Å². The predicted molar refractivity (Wildman–Crippen MR) is 176 cm³/mol. The minimum atomic E-state index is -0.624. The van der Waals surface area contributed by atoms with Crippen molar-refractivity contribution in [1.82, 2.24) is 0 Å². The van der Waals surface area contributed by atoms with Crippen LogP contribution < -0.4 is 4.74 Å². The third kappa shape index (κ3) is 8.04. The molecule has 0 spiro atoms. The van der Waals surface area contributed by atoms with E-state index in [1.165, 1.54) is 46.1 Å². The molecule has 0 radical (unpaired) electrons. The average Bonchev–Trinajstić information content (AvgIpc) is 3.19. The van der Waals surface area contributed by atoms with Crippen LogP contribution in [0.3, 0.4) is 0 Å². The molecule has 0 saturated heterocycles. The number of rotatable bonds is 14. The second-order valence-electron chi connectivity index (χ2n) is 11.1. The van der Waals surface area contributed by atoms with Gasteiger partial charge in [-0.1, -0.05) is 104 Å². The van der Waals surface area contributed by atoms with E-state index in [1.54, 1.807) is 6.92 Å². The van der Waals surface area contributed by atoms with Gasteiger partial charge in [0.25, 0.3) is 0 Å². The zero-order chi connectivity index (χ0) is 30.7. The summed E-state index contributed by atoms with van der Waals surface area (Å²) in [5.74, 6) is 0.401. The van der Waals surface area contributed by atoms with Crippen LogP contribution in [0, 0.1) is 0 Å². The molecule has 4 aromatic rings. The van der Waals surface area contributed by atoms with Gasteiger partial charge in [0.05, 0.1) is 13.2 Å². The van der Waals surface area contributed by atoms with Crippen molar-refractivity contribution in [2.45, 2.75) is 51.7 Å². The summed E-state index contributed by atoms with van der Waals surface area (Å²) in [6, 6.07) is 31.8. The van der Waals surface area contributed by atoms with Gasteiger partial charge in [0.2, 0.25) is 0 Å². The third-order valence-electron chi connectivity index (χ3n) is 7.91. The van der Waals surface area contributed by atoms with E-state index < -0.39 is 6.10 Å². The normalized spacial score (nSPS) is 14.3. The summed E-state index contributed by atoms with van der Waals surface area (Å²) in [4.78, 5) is 12.1. The summed E-state index contributed by atoms with van der Waals surface area (Å²) in [6.45, 7) is 5.17. The van der Waals surface area contributed by atoms with Crippen molar-refractivity contribution in [3.8, 4) is 5.75 Å². The molecule has 5 heteroatoms. The maximum absolute atomic E-state index is 12.1. The summed E-state index contributed by atoms with van der Waals surface area (Å²) >= 11 is 0. The quantitative estimate of drug-likeness (QED) is 0.110. The predicted octanol–water partition coefficient (Wildman–Crippen LogP) is 8.02. The molecule has 1 aliphatic carbocycles. The Balaban J connectivity index is 1.29. The maximum Gasteiger partial charge on any atom is 0.335 e. The molecule has 0 fully saturated rings. The van der Waals surface area contributed by atoms with Crippen molar-refractivity contribution >= 4 is 18.1 Å². The molecule has 4 aromatic carbocycles. The van der Waals surface area contributed by atoms with Gasteiger partial charge in [-0.3, -0.25) is 0 Å². The summed E-state index contributed by atoms with van der Waals surface area (Å²) in [6.07, 6.45) is 7.10. The molecule has 1 aliphatic rings. The highest BCUT2D eigenvalue weighted by atomic mass is 16.6. The highest BCUT2D eigenvalue weighted by Crippen LogP contribution is 2.37. The Hall–Kier alpha value is -4.19. The summed E-state index contributed by atoms with van der Waals surface area (Å²) < 4.78 is 23.1. The molecule has 0 N–H and O–H groups in total. The molecule has 0 saturated carbocycles. The van der Waals surface area contributed by atoms with Crippen LogP contribution in [0.5, 0.6) is 5.75 Å². The number of fused-ring (bicyclic) bond motifs is 2. The van der Waals surface area contributed by atoms with E-state index >= 15 is 0 Å². The van der Waals surface area contributed by atoms with E-state index in [4.69, 9.17) is 18.9 Å². The van der Waals surface area contributed by atoms with Crippen LogP contribution in [0.2, 0.25) is 0 Å². The monoisotopic (exact) mass is 590 g/mol. The van der Waals surface area contributed by atoms with E-state index in [0.29, 0.717) is 26.2 Å². The lowest BCUT2D eigenvalue weighted by atomic mass is 9.92. The van der Waals surface area contributed by atoms with Gasteiger partial charge < -0.3 is 18.9 Å². The second-order valence-corrected chi connectivity index (χ2v) is 11.1. The van der Waals surface area contributed by atoms with Crippen molar-refractivity contribution in [2.24, 2.45) is 0 Å². The Labute approximate surface area is 261 Å². The lowest BCUT2D eigenvalue weighted by Crippen LogP contribution is -2.27. The smallest absolute Gasteiger partial charge is 0.335 e. The molecular formula is C39H42O5. The fourth-order valence-corrected chi connectivity index (χ4v) is 5.68. The minimum absolute atomic E-state index is 0.207. The van der Waals surface area contributed by atoms with Gasteiger partial charge in [-0.2, -0.15) is 0 Å². The summed E-state index contributed by atoms with van der Waals surface area (Å²) in [7, 11) is 1.52. The number of aryl methyl sites for hydroxylation is 1. The van der Waals surface area contributed by atoms with E-state index in [1.807, 2.05) is 24.3 Å². The molecule has 228 valence electrons. The van der Waals surface area contributed by atoms with E-state index in [-0.39, 0.29) is 12.1 Å². The zero-order valence-electron chi connectivity index (χ0n) is 26.0. The van der Waals surface area contributed by atoms with E-state index in [0.717, 1.165) is 30.6 Å². The first kappa shape index (κ1) is 31.2. The number of methoxy groups -OCH3 is 1. The van der Waals surface area contributed by atoms with Gasteiger partial charge in [0.1, 0.15) is 18.5 Å². The van der Waals surface area contributed by atoms with Gasteiger partial charge in [-0.25, -0.2) is 4.79 Å². The first-order chi connectivity index (χ1) is 21.6. The number of carbonyl (C=O) groups excluding carboxylic acids is 1. The number of ether oxygens (including phenoxy) is 4. The van der Waals surface area contributed by atoms with Crippen LogP contribution in [-0.2, 0) is 38.3 Å². The fourth-order valence-electron chi connectivity index (χ4n) is 5.68. The molecule has 0 bridgehead atoms. The maximum atomic E-state index is 12.1. The summed E-state index contributed by atoms with van der Waals surface area (Å²) in [5, 5.41) is 0. The second kappa shape index (κ2) is 15.5. The van der Waals surface area contributed by atoms with Crippen LogP contribution >= 0.6 is 0 Å². The lowest BCUT2D eigenvalue weighted by Gasteiger charge is -2.22. The van der Waals surface area contributed by atoms with Gasteiger partial charge in [-0.05, 0) is 76.4 Å². The molecule has 2 unspecified atom stereocenters. The van der Waals surface area contributed by atoms with Crippen molar-refractivity contribution in [3.05, 3.63) is 136 Å². The zero-order valence-corrected chi connectivity index (χ0v) is 26.0. The Morgan fingerprint density at radius 2 is 1.50 bits per heavy atom. The molecule has 44 heavy (non-hydrogen) atoms. The van der Waals surface area contributed by atoms with Crippen LogP contribution in [0.1, 0.15) is 70.9 Å². The van der Waals surface area contributed by atoms with Crippen LogP contribution in [0.4, 0.5) is 0 Å². The molecule has 5 nitrogen and oxygen atoms in total. The first-order valence-electron chi connectivity index (χ1n) is 15.6. The van der Waals surface area contributed by atoms with Gasteiger partial charge in [-0.15, -0.1) is 0 Å². The minimum Gasteiger partial charge on any atom is -0.491 e. The highest BCUT2D eigenvalue weighted by molar-refractivity contribution is 5.77. The highest BCUT2D eigenvalue weighted by Gasteiger charge is 2.23. The molecule has 0 heterocycles. The van der Waals surface area contributed by atoms with Gasteiger partial charge >= 0.3 is 5.97 Å². The molecule has 5 rings (SSSR count). The van der Waals surface area contributed by atoms with Gasteiger partial charge in [0.15, 0.2) is 6.10 Å². The van der Waals surface area contributed by atoms with Crippen molar-refractivity contribution in [2.75, 3.05) is 26.9 Å². The first-order valence-corrected chi connectivity index (χ1v) is 15.6. The summed E-state index contributed by atoms with van der Waals surface area (Å²) in [5.41, 5.74) is 9.60. The Morgan fingerprint density at radius 1 is 0.750 bits per heavy atom. The number of benzene rings is 4. The van der Waals surface area contributed by atoms with Crippen LogP contribution in [0.15, 0.2) is 91.0 Å². The average molecular weight is 591 g/mol. The van der Waals surface area contributed by atoms with Crippen molar-refractivity contribution in [3.63, 3.8) is 0 Å². The largest absolute Gasteiger partial charge is 0.491 e. The Morgan fingerprint density at radius 3 is 2.25 bits per heavy atom. The van der Waals surface area contributed by atoms with Crippen LogP contribution in [0.25, 0.3) is 12.2 Å². The number of carbonyl (C=O) groups is 1. The topological polar surface area (TPSA) is 54.0 Å². The molecule has 0 aliphatic heterocycles. The third-order valence-corrected chi connectivity index (χ3v) is 7.91. The molecule has 0 amide bonds. The van der Waals surface area contributed by atoms with E-state index in [9.17, 15) is 4.79 Å². The van der Waals surface area contributed by atoms with Gasteiger partial charge in [0, 0.05) is 13.5 Å². The number of hydrogen-bond acceptors (Lipinski definition) is 5. The lowest BCUT2D eigenvalue weighted by molar-refractivity contribution is -0.154. The Bertz CT molecular complexity index is 1540. The SMILES string of the molecule is CCCc1ccc2c(c1)C=Cc1ccc(Cc3ccccc3)cc1C2OCCOc1ccc(CC(OC)C(=O)OCC)cc1. The van der Waals surface area contributed by atoms with Crippen molar-refractivity contribution < 1.29 is 23.7 Å². The fraction of sp³-hybridized carbons (Fsp3) is 0.308. The molecular weight excluding hydrogens is 548 g/mol. The molecule has 2 atom stereocenters. The van der Waals surface area contributed by atoms with Crippen LogP contribution in [-0.4, -0.2) is 39.0 Å². The number of esters is 1. The Kier molecular flexibility index (Phi) is 11.0.